The van der Waals surface area contributed by atoms with E-state index in [1.54, 1.807) is 30.5 Å². The van der Waals surface area contributed by atoms with Crippen molar-refractivity contribution in [3.63, 3.8) is 0 Å². The van der Waals surface area contributed by atoms with Crippen LogP contribution in [-0.2, 0) is 14.8 Å². The summed E-state index contributed by atoms with van der Waals surface area (Å²) >= 11 is 0. The monoisotopic (exact) mass is 426 g/mol. The largest absolute Gasteiger partial charge is 0.467 e. The first-order valence-electron chi connectivity index (χ1n) is 9.63. The highest BCUT2D eigenvalue weighted by molar-refractivity contribution is 7.89. The Morgan fingerprint density at radius 3 is 2.43 bits per heavy atom. The first-order chi connectivity index (χ1) is 14.6. The number of rotatable bonds is 6. The SMILES string of the molecule is O=C(N[C@@H](c1ccccc1)c1ccco1)c1cccc(S(=O)(=O)N2CCOCC2)c1. The van der Waals surface area contributed by atoms with Gasteiger partial charge in [-0.25, -0.2) is 8.42 Å². The average molecular weight is 426 g/mol. The van der Waals surface area contributed by atoms with Gasteiger partial charge in [-0.3, -0.25) is 4.79 Å². The number of ether oxygens (including phenoxy) is 1. The summed E-state index contributed by atoms with van der Waals surface area (Å²) in [7, 11) is -3.69. The lowest BCUT2D eigenvalue weighted by atomic mass is 10.0. The van der Waals surface area contributed by atoms with E-state index in [-0.39, 0.29) is 16.4 Å². The van der Waals surface area contributed by atoms with Gasteiger partial charge in [-0.05, 0) is 35.9 Å². The third-order valence-electron chi connectivity index (χ3n) is 4.94. The molecule has 8 heteroatoms. The summed E-state index contributed by atoms with van der Waals surface area (Å²) in [6, 6.07) is 18.6. The van der Waals surface area contributed by atoms with Crippen LogP contribution < -0.4 is 5.32 Å². The molecule has 0 unspecified atom stereocenters. The molecule has 156 valence electrons. The maximum atomic E-state index is 13.0. The van der Waals surface area contributed by atoms with Gasteiger partial charge in [0.25, 0.3) is 5.91 Å². The summed E-state index contributed by atoms with van der Waals surface area (Å²) in [6.45, 7) is 1.32. The van der Waals surface area contributed by atoms with Crippen LogP contribution in [0.5, 0.6) is 0 Å². The van der Waals surface area contributed by atoms with Crippen molar-refractivity contribution >= 4 is 15.9 Å². The van der Waals surface area contributed by atoms with Crippen molar-refractivity contribution in [2.24, 2.45) is 0 Å². The van der Waals surface area contributed by atoms with Crippen molar-refractivity contribution in [2.45, 2.75) is 10.9 Å². The molecule has 1 atom stereocenters. The lowest BCUT2D eigenvalue weighted by Gasteiger charge is -2.26. The second-order valence-electron chi connectivity index (χ2n) is 6.88. The quantitative estimate of drug-likeness (QED) is 0.655. The fraction of sp³-hybridized carbons (Fsp3) is 0.227. The van der Waals surface area contributed by atoms with Crippen LogP contribution in [0, 0.1) is 0 Å². The fourth-order valence-electron chi connectivity index (χ4n) is 3.37. The van der Waals surface area contributed by atoms with Gasteiger partial charge in [-0.2, -0.15) is 4.31 Å². The van der Waals surface area contributed by atoms with Gasteiger partial charge in [0.2, 0.25) is 10.0 Å². The lowest BCUT2D eigenvalue weighted by molar-refractivity contribution is 0.0730. The molecule has 30 heavy (non-hydrogen) atoms. The molecule has 1 amide bonds. The summed E-state index contributed by atoms with van der Waals surface area (Å²) in [4.78, 5) is 13.1. The molecule has 1 aliphatic heterocycles. The maximum absolute atomic E-state index is 13.0. The van der Waals surface area contributed by atoms with Gasteiger partial charge in [0.05, 0.1) is 24.4 Å². The summed E-state index contributed by atoms with van der Waals surface area (Å²) in [5, 5.41) is 2.95. The van der Waals surface area contributed by atoms with Gasteiger partial charge in [0.1, 0.15) is 11.8 Å². The van der Waals surface area contributed by atoms with Crippen molar-refractivity contribution in [3.8, 4) is 0 Å². The van der Waals surface area contributed by atoms with Crippen LogP contribution in [0.25, 0.3) is 0 Å². The van der Waals surface area contributed by atoms with Gasteiger partial charge < -0.3 is 14.5 Å². The molecule has 0 bridgehead atoms. The number of nitrogens with one attached hydrogen (secondary N) is 1. The maximum Gasteiger partial charge on any atom is 0.252 e. The number of furan rings is 1. The molecular formula is C22H22N2O5S. The predicted octanol–water partition coefficient (Wildman–Crippen LogP) is 2.82. The van der Waals surface area contributed by atoms with E-state index in [9.17, 15) is 13.2 Å². The number of sulfonamides is 1. The van der Waals surface area contributed by atoms with Crippen molar-refractivity contribution in [3.05, 3.63) is 89.9 Å². The predicted molar refractivity (Wildman–Crippen MR) is 110 cm³/mol. The lowest BCUT2D eigenvalue weighted by Crippen LogP contribution is -2.40. The zero-order chi connectivity index (χ0) is 21.0. The number of carbonyl (C=O) groups is 1. The average Bonchev–Trinajstić information content (AvgIpc) is 3.33. The van der Waals surface area contributed by atoms with Gasteiger partial charge >= 0.3 is 0 Å². The number of hydrogen-bond donors (Lipinski definition) is 1. The molecular weight excluding hydrogens is 404 g/mol. The van der Waals surface area contributed by atoms with Crippen molar-refractivity contribution in [2.75, 3.05) is 26.3 Å². The van der Waals surface area contributed by atoms with Gasteiger partial charge in [0.15, 0.2) is 0 Å². The molecule has 2 aromatic carbocycles. The van der Waals surface area contributed by atoms with Crippen molar-refractivity contribution in [1.29, 1.82) is 0 Å². The minimum Gasteiger partial charge on any atom is -0.467 e. The number of amides is 1. The minimum absolute atomic E-state index is 0.0892. The van der Waals surface area contributed by atoms with E-state index < -0.39 is 16.1 Å². The molecule has 0 spiro atoms. The molecule has 0 saturated carbocycles. The third-order valence-corrected chi connectivity index (χ3v) is 6.83. The Kier molecular flexibility index (Phi) is 5.98. The van der Waals surface area contributed by atoms with Crippen LogP contribution in [0.3, 0.4) is 0 Å². The first kappa shape index (κ1) is 20.3. The highest BCUT2D eigenvalue weighted by Crippen LogP contribution is 2.24. The summed E-state index contributed by atoms with van der Waals surface area (Å²) in [5.41, 5.74) is 1.12. The molecule has 0 aliphatic carbocycles. The number of benzene rings is 2. The van der Waals surface area contributed by atoms with E-state index in [4.69, 9.17) is 9.15 Å². The van der Waals surface area contributed by atoms with E-state index in [2.05, 4.69) is 5.32 Å². The number of morpholine rings is 1. The summed E-state index contributed by atoms with van der Waals surface area (Å²) in [5.74, 6) is 0.200. The standard InChI is InChI=1S/C22H22N2O5S/c25-22(23-21(20-10-5-13-29-20)17-6-2-1-3-7-17)18-8-4-9-19(16-18)30(26,27)24-11-14-28-15-12-24/h1-10,13,16,21H,11-12,14-15H2,(H,23,25)/t21-/m0/s1. The Morgan fingerprint density at radius 2 is 1.73 bits per heavy atom. The Labute approximate surface area is 175 Å². The Bertz CT molecular complexity index is 1090. The highest BCUT2D eigenvalue weighted by Gasteiger charge is 2.27. The Balaban J connectivity index is 1.59. The van der Waals surface area contributed by atoms with Crippen LogP contribution in [0.15, 0.2) is 82.3 Å². The smallest absolute Gasteiger partial charge is 0.252 e. The van der Waals surface area contributed by atoms with Gasteiger partial charge in [-0.15, -0.1) is 0 Å². The molecule has 2 heterocycles. The minimum atomic E-state index is -3.69. The number of nitrogens with zero attached hydrogens (tertiary/aromatic N) is 1. The summed E-state index contributed by atoms with van der Waals surface area (Å²) in [6.07, 6.45) is 1.55. The van der Waals surface area contributed by atoms with E-state index >= 15 is 0 Å². The Hall–Kier alpha value is -2.94. The normalized spacial score (nSPS) is 16.1. The molecule has 7 nitrogen and oxygen atoms in total. The topological polar surface area (TPSA) is 88.8 Å². The van der Waals surface area contributed by atoms with Crippen LogP contribution >= 0.6 is 0 Å². The zero-order valence-corrected chi connectivity index (χ0v) is 17.0. The number of hydrogen-bond acceptors (Lipinski definition) is 5. The van der Waals surface area contributed by atoms with E-state index in [1.165, 1.54) is 16.4 Å². The zero-order valence-electron chi connectivity index (χ0n) is 16.2. The molecule has 1 aromatic heterocycles. The summed E-state index contributed by atoms with van der Waals surface area (Å²) < 4.78 is 38.0. The number of carbonyl (C=O) groups excluding carboxylic acids is 1. The molecule has 4 rings (SSSR count). The molecule has 1 N–H and O–H groups in total. The van der Waals surface area contributed by atoms with Crippen LogP contribution in [0.2, 0.25) is 0 Å². The van der Waals surface area contributed by atoms with E-state index in [0.717, 1.165) is 5.56 Å². The highest BCUT2D eigenvalue weighted by atomic mass is 32.2. The van der Waals surface area contributed by atoms with Crippen molar-refractivity contribution in [1.82, 2.24) is 9.62 Å². The molecule has 1 aliphatic rings. The van der Waals surface area contributed by atoms with Crippen molar-refractivity contribution < 1.29 is 22.4 Å². The second kappa shape index (κ2) is 8.83. The van der Waals surface area contributed by atoms with E-state index in [0.29, 0.717) is 32.1 Å². The second-order valence-corrected chi connectivity index (χ2v) is 8.81. The molecule has 3 aromatic rings. The van der Waals surface area contributed by atoms with Crippen LogP contribution in [0.1, 0.15) is 27.7 Å². The molecule has 1 fully saturated rings. The van der Waals surface area contributed by atoms with Gasteiger partial charge in [-0.1, -0.05) is 36.4 Å². The fourth-order valence-corrected chi connectivity index (χ4v) is 4.82. The first-order valence-corrected chi connectivity index (χ1v) is 11.1. The third kappa shape index (κ3) is 4.30. The van der Waals surface area contributed by atoms with Crippen LogP contribution in [0.4, 0.5) is 0 Å². The Morgan fingerprint density at radius 1 is 0.967 bits per heavy atom. The van der Waals surface area contributed by atoms with Gasteiger partial charge in [0, 0.05) is 18.7 Å². The molecule has 1 saturated heterocycles. The molecule has 0 radical (unpaired) electrons. The van der Waals surface area contributed by atoms with Crippen LogP contribution in [-0.4, -0.2) is 44.9 Å². The van der Waals surface area contributed by atoms with E-state index in [1.807, 2.05) is 30.3 Å².